The molecule has 0 atom stereocenters. The zero-order valence-electron chi connectivity index (χ0n) is 7.37. The molecule has 1 rings (SSSR count). The fraction of sp³-hybridized carbons (Fsp3) is 0.143. The summed E-state index contributed by atoms with van der Waals surface area (Å²) in [6, 6.07) is 2.81. The monoisotopic (exact) mass is 293 g/mol. The summed E-state index contributed by atoms with van der Waals surface area (Å²) in [5, 5.41) is 0. The van der Waals surface area contributed by atoms with Crippen LogP contribution in [0.5, 0.6) is 0 Å². The Bertz CT molecular complexity index is 469. The van der Waals surface area contributed by atoms with E-state index in [0.717, 1.165) is 12.1 Å². The number of benzene rings is 1. The Labute approximate surface area is 99.6 Å². The zero-order valence-corrected chi connectivity index (χ0v) is 9.70. The molecule has 0 heterocycles. The van der Waals surface area contributed by atoms with Crippen LogP contribution in [0.25, 0.3) is 0 Å². The molecule has 0 fully saturated rings. The number of alkyl halides is 3. The van der Waals surface area contributed by atoms with Crippen molar-refractivity contribution in [1.29, 1.82) is 0 Å². The van der Waals surface area contributed by atoms with Gasteiger partial charge in [0.05, 0.1) is 10.5 Å². The summed E-state index contributed by atoms with van der Waals surface area (Å²) < 4.78 is 58.9. The topological polar surface area (TPSA) is 37.4 Å². The van der Waals surface area contributed by atoms with Gasteiger partial charge in [-0.05, 0) is 27.6 Å². The van der Waals surface area contributed by atoms with Gasteiger partial charge in [0.1, 0.15) is 0 Å². The molecule has 16 heavy (non-hydrogen) atoms. The summed E-state index contributed by atoms with van der Waals surface area (Å²) in [5.74, 6) is 0. The second-order valence-corrected chi connectivity index (χ2v) is 5.74. The highest BCUT2D eigenvalue weighted by Crippen LogP contribution is 2.30. The van der Waals surface area contributed by atoms with Crippen LogP contribution in [0.1, 0.15) is 5.56 Å². The molecule has 90 valence electrons. The van der Waals surface area contributed by atoms with Crippen LogP contribution in [0.4, 0.5) is 13.2 Å². The molecule has 0 saturated carbocycles. The van der Waals surface area contributed by atoms with Crippen molar-refractivity contribution in [3.05, 3.63) is 29.8 Å². The quantitative estimate of drug-likeness (QED) is 0.786. The van der Waals surface area contributed by atoms with Crippen molar-refractivity contribution in [3.63, 3.8) is 0 Å². The minimum Gasteiger partial charge on any atom is -0.204 e. The van der Waals surface area contributed by atoms with Gasteiger partial charge in [-0.1, -0.05) is 0 Å². The molecule has 0 saturated heterocycles. The second-order valence-electron chi connectivity index (χ2n) is 2.70. The first kappa shape index (κ1) is 13.6. The van der Waals surface area contributed by atoms with Crippen molar-refractivity contribution in [2.24, 2.45) is 0 Å². The normalized spacial score (nSPS) is 13.1. The van der Waals surface area contributed by atoms with E-state index in [1.165, 1.54) is 0 Å². The summed E-state index contributed by atoms with van der Waals surface area (Å²) >= 11 is 10.0. The fourth-order valence-corrected chi connectivity index (χ4v) is 2.01. The molecule has 1 aromatic carbocycles. The third-order valence-electron chi connectivity index (χ3n) is 1.66. The van der Waals surface area contributed by atoms with Crippen LogP contribution in [0.15, 0.2) is 29.2 Å². The molecule has 0 bridgehead atoms. The van der Waals surface area contributed by atoms with E-state index in [-0.39, 0.29) is 3.34 Å². The van der Waals surface area contributed by atoms with Gasteiger partial charge in [-0.2, -0.15) is 13.2 Å². The second kappa shape index (κ2) is 4.40. The van der Waals surface area contributed by atoms with Crippen LogP contribution >= 0.6 is 23.6 Å². The van der Waals surface area contributed by atoms with E-state index < -0.39 is 26.7 Å². The van der Waals surface area contributed by atoms with Gasteiger partial charge in [0, 0.05) is 23.6 Å². The van der Waals surface area contributed by atoms with E-state index in [0.29, 0.717) is 12.1 Å². The van der Waals surface area contributed by atoms with Crippen LogP contribution in [0, 0.1) is 0 Å². The summed E-state index contributed by atoms with van der Waals surface area (Å²) in [5.41, 5.74) is -0.956. The van der Waals surface area contributed by atoms with Gasteiger partial charge in [-0.3, -0.25) is 0 Å². The maximum absolute atomic E-state index is 12.2. The minimum atomic E-state index is -4.52. The van der Waals surface area contributed by atoms with Crippen LogP contribution < -0.4 is 0 Å². The lowest BCUT2D eigenvalue weighted by Crippen LogP contribution is -2.13. The van der Waals surface area contributed by atoms with Gasteiger partial charge in [-0.15, -0.1) is 0 Å². The van der Waals surface area contributed by atoms with Crippen LogP contribution in [-0.4, -0.2) is 11.8 Å². The van der Waals surface area contributed by atoms with E-state index in [1.807, 2.05) is 0 Å². The van der Waals surface area contributed by atoms with Crippen molar-refractivity contribution >= 4 is 33.6 Å². The lowest BCUT2D eigenvalue weighted by molar-refractivity contribution is -0.137. The number of hydrogen-bond acceptors (Lipinski definition) is 2. The Kier molecular flexibility index (Phi) is 3.73. The van der Waals surface area contributed by atoms with E-state index in [1.54, 1.807) is 0 Å². The van der Waals surface area contributed by atoms with Crippen LogP contribution in [0.3, 0.4) is 0 Å². The largest absolute Gasteiger partial charge is 0.416 e. The molecule has 0 aliphatic carbocycles. The highest BCUT2D eigenvalue weighted by Gasteiger charge is 2.31. The van der Waals surface area contributed by atoms with Gasteiger partial charge < -0.3 is 0 Å². The molecular weight excluding hydrogens is 290 g/mol. The smallest absolute Gasteiger partial charge is 0.204 e. The standard InChI is InChI=1S/C7H4Cl2F3NO2S/c8-13(9)16(14,15)6-3-1-5(2-4-6)7(10,11)12/h1-4H. The third kappa shape index (κ3) is 2.79. The van der Waals surface area contributed by atoms with Gasteiger partial charge >= 0.3 is 6.18 Å². The van der Waals surface area contributed by atoms with Gasteiger partial charge in [0.2, 0.25) is 0 Å². The summed E-state index contributed by atoms with van der Waals surface area (Å²) in [7, 11) is -4.14. The Balaban J connectivity index is 3.15. The lowest BCUT2D eigenvalue weighted by Gasteiger charge is -2.09. The zero-order chi connectivity index (χ0) is 12.6. The molecule has 3 nitrogen and oxygen atoms in total. The molecule has 0 spiro atoms. The molecular formula is C7H4Cl2F3NO2S. The van der Waals surface area contributed by atoms with E-state index >= 15 is 0 Å². The number of sulfonamides is 1. The maximum Gasteiger partial charge on any atom is 0.416 e. The molecule has 1 aromatic rings. The predicted octanol–water partition coefficient (Wildman–Crippen LogP) is 3.00. The first-order valence-electron chi connectivity index (χ1n) is 3.70. The van der Waals surface area contributed by atoms with Crippen LogP contribution in [0.2, 0.25) is 0 Å². The van der Waals surface area contributed by atoms with Crippen molar-refractivity contribution in [1.82, 2.24) is 3.34 Å². The Morgan fingerprint density at radius 2 is 1.50 bits per heavy atom. The van der Waals surface area contributed by atoms with E-state index in [9.17, 15) is 21.6 Å². The Morgan fingerprint density at radius 1 is 1.06 bits per heavy atom. The van der Waals surface area contributed by atoms with Gasteiger partial charge in [-0.25, -0.2) is 8.42 Å². The molecule has 0 N–H and O–H groups in total. The highest BCUT2D eigenvalue weighted by atomic mass is 35.5. The lowest BCUT2D eigenvalue weighted by atomic mass is 10.2. The van der Waals surface area contributed by atoms with Crippen LogP contribution in [-0.2, 0) is 16.2 Å². The number of hydrogen-bond donors (Lipinski definition) is 0. The average Bonchev–Trinajstić information content (AvgIpc) is 2.16. The summed E-state index contributed by atoms with van der Waals surface area (Å²) in [6.07, 6.45) is -4.52. The number of nitrogens with zero attached hydrogens (tertiary/aromatic N) is 1. The Morgan fingerprint density at radius 3 is 1.81 bits per heavy atom. The average molecular weight is 294 g/mol. The number of halogens is 5. The molecule has 0 aliphatic heterocycles. The number of rotatable bonds is 2. The predicted molar refractivity (Wildman–Crippen MR) is 52.2 cm³/mol. The van der Waals surface area contributed by atoms with Crippen molar-refractivity contribution in [2.75, 3.05) is 0 Å². The van der Waals surface area contributed by atoms with Crippen molar-refractivity contribution < 1.29 is 21.6 Å². The summed E-state index contributed by atoms with van der Waals surface area (Å²) in [6.45, 7) is 0. The molecule has 0 radical (unpaired) electrons. The molecule has 0 aromatic heterocycles. The SMILES string of the molecule is O=S(=O)(c1ccc(C(F)(F)F)cc1)N(Cl)Cl. The highest BCUT2D eigenvalue weighted by molar-refractivity contribution is 7.91. The molecule has 0 amide bonds. The molecule has 0 unspecified atom stereocenters. The molecule has 9 heteroatoms. The molecule has 0 aliphatic rings. The van der Waals surface area contributed by atoms with E-state index in [2.05, 4.69) is 0 Å². The summed E-state index contributed by atoms with van der Waals surface area (Å²) in [4.78, 5) is -0.425. The maximum atomic E-state index is 12.2. The first-order chi connectivity index (χ1) is 7.15. The minimum absolute atomic E-state index is 0.115. The Hall–Kier alpha value is -0.500. The van der Waals surface area contributed by atoms with E-state index in [4.69, 9.17) is 23.6 Å². The van der Waals surface area contributed by atoms with Crippen molar-refractivity contribution in [2.45, 2.75) is 11.1 Å². The van der Waals surface area contributed by atoms with Gasteiger partial charge in [0.15, 0.2) is 0 Å². The third-order valence-corrected chi connectivity index (χ3v) is 3.98. The fourth-order valence-electron chi connectivity index (χ4n) is 0.896. The van der Waals surface area contributed by atoms with Crippen molar-refractivity contribution in [3.8, 4) is 0 Å². The first-order valence-corrected chi connectivity index (χ1v) is 5.81. The van der Waals surface area contributed by atoms with Gasteiger partial charge in [0.25, 0.3) is 10.0 Å².